The highest BCUT2D eigenvalue weighted by Gasteiger charge is 2.34. The summed E-state index contributed by atoms with van der Waals surface area (Å²) in [5.41, 5.74) is 9.48. The zero-order valence-electron chi connectivity index (χ0n) is 11.8. The Kier molecular flexibility index (Phi) is 3.13. The number of hydrogen-bond acceptors (Lipinski definition) is 0. The highest BCUT2D eigenvalue weighted by molar-refractivity contribution is 14.1. The van der Waals surface area contributed by atoms with Gasteiger partial charge >= 0.3 is 0 Å². The Morgan fingerprint density at radius 2 is 2.10 bits per heavy atom. The summed E-state index contributed by atoms with van der Waals surface area (Å²) < 4.78 is 0.664. The van der Waals surface area contributed by atoms with E-state index in [2.05, 4.69) is 66.0 Å². The molecule has 0 nitrogen and oxygen atoms in total. The summed E-state index contributed by atoms with van der Waals surface area (Å²) in [5, 5.41) is 0. The van der Waals surface area contributed by atoms with Crippen molar-refractivity contribution in [1.82, 2.24) is 0 Å². The fourth-order valence-corrected chi connectivity index (χ4v) is 4.60. The monoisotopic (exact) mass is 374 g/mol. The average molecular weight is 374 g/mol. The maximum absolute atomic E-state index is 2.57. The van der Waals surface area contributed by atoms with Crippen molar-refractivity contribution < 1.29 is 0 Å². The molecule has 0 fully saturated rings. The number of allylic oxidation sites excluding steroid dienone is 12. The highest BCUT2D eigenvalue weighted by Crippen LogP contribution is 2.49. The van der Waals surface area contributed by atoms with Gasteiger partial charge in [-0.1, -0.05) is 64.6 Å². The van der Waals surface area contributed by atoms with Crippen LogP contribution in [0, 0.1) is 5.92 Å². The minimum absolute atomic E-state index is 0.607. The molecular formula is C19H19I. The summed E-state index contributed by atoms with van der Waals surface area (Å²) in [7, 11) is 0. The Morgan fingerprint density at radius 1 is 1.20 bits per heavy atom. The van der Waals surface area contributed by atoms with Crippen LogP contribution in [-0.2, 0) is 0 Å². The van der Waals surface area contributed by atoms with Gasteiger partial charge in [0.25, 0.3) is 0 Å². The molecule has 4 aliphatic carbocycles. The predicted octanol–water partition coefficient (Wildman–Crippen LogP) is 5.60. The second kappa shape index (κ2) is 4.87. The lowest BCUT2D eigenvalue weighted by Crippen LogP contribution is -2.23. The van der Waals surface area contributed by atoms with Crippen molar-refractivity contribution in [3.05, 3.63) is 69.9 Å². The second-order valence-electron chi connectivity index (χ2n) is 6.18. The smallest absolute Gasteiger partial charge is 0.0333 e. The van der Waals surface area contributed by atoms with Crippen LogP contribution >= 0.6 is 22.6 Å². The number of fused-ring (bicyclic) bond motifs is 4. The minimum atomic E-state index is 0.607. The van der Waals surface area contributed by atoms with Crippen LogP contribution < -0.4 is 0 Å². The topological polar surface area (TPSA) is 0 Å². The molecule has 0 amide bonds. The van der Waals surface area contributed by atoms with Crippen LogP contribution in [0.3, 0.4) is 0 Å². The van der Waals surface area contributed by atoms with E-state index < -0.39 is 0 Å². The Balaban J connectivity index is 1.92. The van der Waals surface area contributed by atoms with Crippen molar-refractivity contribution in [2.75, 3.05) is 0 Å². The zero-order valence-corrected chi connectivity index (χ0v) is 14.0. The van der Waals surface area contributed by atoms with Gasteiger partial charge in [-0.3, -0.25) is 0 Å². The van der Waals surface area contributed by atoms with E-state index in [0.29, 0.717) is 9.84 Å². The van der Waals surface area contributed by atoms with Gasteiger partial charge in [-0.15, -0.1) is 0 Å². The summed E-state index contributed by atoms with van der Waals surface area (Å²) in [6.07, 6.45) is 19.2. The third-order valence-corrected chi connectivity index (χ3v) is 5.74. The lowest BCUT2D eigenvalue weighted by atomic mass is 9.67. The molecule has 20 heavy (non-hydrogen) atoms. The van der Waals surface area contributed by atoms with E-state index in [1.165, 1.54) is 31.3 Å². The molecule has 0 bridgehead atoms. The lowest BCUT2D eigenvalue weighted by molar-refractivity contribution is 0.690. The van der Waals surface area contributed by atoms with E-state index in [4.69, 9.17) is 0 Å². The Bertz CT molecular complexity index is 649. The largest absolute Gasteiger partial charge is 0.0836 e. The molecule has 0 N–H and O–H groups in total. The number of hydrogen-bond donors (Lipinski definition) is 0. The van der Waals surface area contributed by atoms with Gasteiger partial charge in [-0.05, 0) is 60.5 Å². The fraction of sp³-hybridized carbons (Fsp3) is 0.368. The predicted molar refractivity (Wildman–Crippen MR) is 93.9 cm³/mol. The summed E-state index contributed by atoms with van der Waals surface area (Å²) in [6.45, 7) is 2.23. The molecule has 2 atom stereocenters. The lowest BCUT2D eigenvalue weighted by Gasteiger charge is -2.38. The molecule has 0 aromatic heterocycles. The van der Waals surface area contributed by atoms with E-state index in [-0.39, 0.29) is 0 Å². The molecule has 4 rings (SSSR count). The molecule has 0 saturated heterocycles. The molecular weight excluding hydrogens is 355 g/mol. The normalized spacial score (nSPS) is 31.5. The minimum Gasteiger partial charge on any atom is -0.0836 e. The molecule has 0 aromatic carbocycles. The first-order chi connectivity index (χ1) is 9.74. The molecule has 102 valence electrons. The van der Waals surface area contributed by atoms with Gasteiger partial charge in [0.15, 0.2) is 0 Å². The molecule has 0 saturated carbocycles. The van der Waals surface area contributed by atoms with Crippen molar-refractivity contribution in [2.45, 2.75) is 36.5 Å². The van der Waals surface area contributed by atoms with Crippen LogP contribution in [0.5, 0.6) is 0 Å². The SMILES string of the molecule is CC1=CCC2C(=C1)C1=C(CCC=C1)C1=C2C=CC(I)C1. The molecule has 1 heteroatoms. The Labute approximate surface area is 134 Å². The maximum Gasteiger partial charge on any atom is 0.0333 e. The van der Waals surface area contributed by atoms with Crippen molar-refractivity contribution in [3.63, 3.8) is 0 Å². The molecule has 0 radical (unpaired) electrons. The number of halogens is 1. The summed E-state index contributed by atoms with van der Waals surface area (Å²) >= 11 is 2.57. The van der Waals surface area contributed by atoms with Gasteiger partial charge in [0.1, 0.15) is 0 Å². The Morgan fingerprint density at radius 3 is 3.00 bits per heavy atom. The second-order valence-corrected chi connectivity index (χ2v) is 7.78. The number of alkyl halides is 1. The van der Waals surface area contributed by atoms with E-state index in [0.717, 1.165) is 0 Å². The fourth-order valence-electron chi connectivity index (χ4n) is 3.96. The van der Waals surface area contributed by atoms with Crippen LogP contribution in [0.25, 0.3) is 0 Å². The van der Waals surface area contributed by atoms with Crippen molar-refractivity contribution in [3.8, 4) is 0 Å². The van der Waals surface area contributed by atoms with Gasteiger partial charge in [0, 0.05) is 9.84 Å². The first kappa shape index (κ1) is 12.9. The third-order valence-electron chi connectivity index (χ3n) is 4.89. The average Bonchev–Trinajstić information content (AvgIpc) is 2.47. The maximum atomic E-state index is 2.57. The Hall–Kier alpha value is -0.830. The van der Waals surface area contributed by atoms with Gasteiger partial charge in [-0.25, -0.2) is 0 Å². The summed E-state index contributed by atoms with van der Waals surface area (Å²) in [5.74, 6) is 0.607. The summed E-state index contributed by atoms with van der Waals surface area (Å²) in [6, 6.07) is 0. The molecule has 0 spiro atoms. The van der Waals surface area contributed by atoms with E-state index in [1.54, 1.807) is 27.9 Å². The molecule has 2 unspecified atom stereocenters. The van der Waals surface area contributed by atoms with Crippen molar-refractivity contribution in [2.24, 2.45) is 5.92 Å². The van der Waals surface area contributed by atoms with Crippen LogP contribution in [0.2, 0.25) is 0 Å². The molecule has 0 aliphatic heterocycles. The van der Waals surface area contributed by atoms with E-state index >= 15 is 0 Å². The molecule has 0 aromatic rings. The molecule has 0 heterocycles. The van der Waals surface area contributed by atoms with Gasteiger partial charge < -0.3 is 0 Å². The zero-order chi connectivity index (χ0) is 13.7. The van der Waals surface area contributed by atoms with Crippen molar-refractivity contribution >= 4 is 22.6 Å². The van der Waals surface area contributed by atoms with Crippen LogP contribution in [0.1, 0.15) is 32.6 Å². The quantitative estimate of drug-likeness (QED) is 0.383. The standard InChI is InChI=1S/C19H19I/c1-12-6-8-16-17-9-7-13(20)11-19(17)15-5-3-2-4-14(15)18(16)10-12/h2,4,6-7,9-10,13,16H,3,5,8,11H2,1H3. The highest BCUT2D eigenvalue weighted by atomic mass is 127. The molecule has 4 aliphatic rings. The summed E-state index contributed by atoms with van der Waals surface area (Å²) in [4.78, 5) is 0. The first-order valence-electron chi connectivity index (χ1n) is 7.58. The third kappa shape index (κ3) is 1.93. The van der Waals surface area contributed by atoms with Crippen LogP contribution in [0.4, 0.5) is 0 Å². The van der Waals surface area contributed by atoms with E-state index in [9.17, 15) is 0 Å². The van der Waals surface area contributed by atoms with Gasteiger partial charge in [-0.2, -0.15) is 0 Å². The van der Waals surface area contributed by atoms with Gasteiger partial charge in [0.05, 0.1) is 0 Å². The van der Waals surface area contributed by atoms with Gasteiger partial charge in [0.2, 0.25) is 0 Å². The first-order valence-corrected chi connectivity index (χ1v) is 8.82. The van der Waals surface area contributed by atoms with Crippen molar-refractivity contribution in [1.29, 1.82) is 0 Å². The van der Waals surface area contributed by atoms with Crippen LogP contribution in [-0.4, -0.2) is 3.92 Å². The number of rotatable bonds is 0. The van der Waals surface area contributed by atoms with Crippen LogP contribution in [0.15, 0.2) is 69.9 Å². The van der Waals surface area contributed by atoms with E-state index in [1.807, 2.05) is 0 Å².